The molecule has 152 valence electrons. The molecular weight excluding hydrogens is 356 g/mol. The van der Waals surface area contributed by atoms with Crippen LogP contribution in [-0.4, -0.2) is 82.8 Å². The molecule has 0 spiro atoms. The molecule has 0 aliphatic carbocycles. The van der Waals surface area contributed by atoms with Gasteiger partial charge in [0.15, 0.2) is 0 Å². The van der Waals surface area contributed by atoms with Crippen molar-refractivity contribution in [3.8, 4) is 0 Å². The number of hydrogen-bond acceptors (Lipinski definition) is 5. The molecule has 2 rings (SSSR count). The van der Waals surface area contributed by atoms with Crippen LogP contribution in [0.2, 0.25) is 0 Å². The van der Waals surface area contributed by atoms with Crippen LogP contribution < -0.4 is 10.6 Å². The Labute approximate surface area is 158 Å². The molecule has 0 saturated carbocycles. The first-order chi connectivity index (χ1) is 12.5. The van der Waals surface area contributed by atoms with Crippen LogP contribution in [0.5, 0.6) is 0 Å². The summed E-state index contributed by atoms with van der Waals surface area (Å²) in [6.45, 7) is 5.38. The van der Waals surface area contributed by atoms with Crippen molar-refractivity contribution in [3.63, 3.8) is 0 Å². The minimum absolute atomic E-state index is 0.0622. The lowest BCUT2D eigenvalue weighted by Crippen LogP contribution is -2.61. The van der Waals surface area contributed by atoms with Crippen LogP contribution in [0.25, 0.3) is 0 Å². The number of carboxylic acid groups (broad SMARTS) is 1. The number of nitrogens with zero attached hydrogens (tertiary/aromatic N) is 2. The monoisotopic (exact) mass is 384 g/mol. The molecule has 2 unspecified atom stereocenters. The molecule has 2 aliphatic heterocycles. The highest BCUT2D eigenvalue weighted by Crippen LogP contribution is 2.29. The van der Waals surface area contributed by atoms with Crippen LogP contribution in [0.3, 0.4) is 0 Å². The lowest BCUT2D eigenvalue weighted by Gasteiger charge is -2.38. The Morgan fingerprint density at radius 1 is 1.19 bits per heavy atom. The molecule has 3 N–H and O–H groups in total. The van der Waals surface area contributed by atoms with Crippen LogP contribution >= 0.6 is 0 Å². The Balaban J connectivity index is 2.26. The van der Waals surface area contributed by atoms with E-state index in [2.05, 4.69) is 10.6 Å². The first-order valence-electron chi connectivity index (χ1n) is 9.04. The van der Waals surface area contributed by atoms with Crippen molar-refractivity contribution in [2.75, 3.05) is 20.1 Å². The Bertz CT molecular complexity index is 617. The van der Waals surface area contributed by atoms with Crippen molar-refractivity contribution >= 4 is 24.0 Å². The van der Waals surface area contributed by atoms with Gasteiger partial charge >= 0.3 is 18.1 Å². The van der Waals surface area contributed by atoms with Gasteiger partial charge < -0.3 is 30.3 Å². The van der Waals surface area contributed by atoms with Gasteiger partial charge in [0, 0.05) is 19.6 Å². The van der Waals surface area contributed by atoms with E-state index in [0.717, 1.165) is 0 Å². The average Bonchev–Trinajstić information content (AvgIpc) is 2.96. The van der Waals surface area contributed by atoms with E-state index in [4.69, 9.17) is 4.74 Å². The zero-order chi connectivity index (χ0) is 20.4. The van der Waals surface area contributed by atoms with Crippen molar-refractivity contribution in [2.24, 2.45) is 0 Å². The van der Waals surface area contributed by atoms with E-state index in [1.54, 1.807) is 20.8 Å². The Morgan fingerprint density at radius 3 is 2.41 bits per heavy atom. The van der Waals surface area contributed by atoms with Gasteiger partial charge in [-0.15, -0.1) is 0 Å². The fraction of sp³-hybridized carbons (Fsp3) is 0.765. The normalized spacial score (nSPS) is 25.9. The van der Waals surface area contributed by atoms with Gasteiger partial charge in [-0.05, 0) is 40.0 Å². The molecule has 10 heteroatoms. The second kappa shape index (κ2) is 8.01. The van der Waals surface area contributed by atoms with Gasteiger partial charge in [-0.3, -0.25) is 4.79 Å². The minimum Gasteiger partial charge on any atom is -0.480 e. The molecule has 0 radical (unpaired) electrons. The van der Waals surface area contributed by atoms with Crippen LogP contribution in [0.4, 0.5) is 9.59 Å². The van der Waals surface area contributed by atoms with Crippen molar-refractivity contribution in [3.05, 3.63) is 0 Å². The predicted octanol–water partition coefficient (Wildman–Crippen LogP) is 0.369. The summed E-state index contributed by atoms with van der Waals surface area (Å²) in [7, 11) is 1.49. The summed E-state index contributed by atoms with van der Waals surface area (Å²) < 4.78 is 5.21. The molecule has 0 aromatic rings. The fourth-order valence-corrected chi connectivity index (χ4v) is 3.52. The molecular formula is C17H28N4O6. The zero-order valence-electron chi connectivity index (χ0n) is 16.2. The molecule has 2 fully saturated rings. The van der Waals surface area contributed by atoms with E-state index >= 15 is 0 Å². The van der Waals surface area contributed by atoms with E-state index in [9.17, 15) is 24.3 Å². The van der Waals surface area contributed by atoms with Crippen LogP contribution in [-0.2, 0) is 14.3 Å². The number of amides is 4. The molecule has 2 saturated heterocycles. The molecule has 10 nitrogen and oxygen atoms in total. The second-order valence-electron chi connectivity index (χ2n) is 7.82. The number of carbonyl (C=O) groups excluding carboxylic acids is 3. The summed E-state index contributed by atoms with van der Waals surface area (Å²) in [5, 5.41) is 14.5. The highest BCUT2D eigenvalue weighted by molar-refractivity contribution is 5.91. The van der Waals surface area contributed by atoms with Gasteiger partial charge in [0.2, 0.25) is 5.91 Å². The van der Waals surface area contributed by atoms with Crippen LogP contribution in [0, 0.1) is 0 Å². The van der Waals surface area contributed by atoms with Gasteiger partial charge in [0.25, 0.3) is 0 Å². The van der Waals surface area contributed by atoms with Gasteiger partial charge in [0.1, 0.15) is 17.7 Å². The number of alkyl carbamates (subject to hydrolysis) is 1. The highest BCUT2D eigenvalue weighted by atomic mass is 16.6. The van der Waals surface area contributed by atoms with Crippen molar-refractivity contribution in [1.82, 2.24) is 20.4 Å². The first kappa shape index (κ1) is 20.8. The fourth-order valence-electron chi connectivity index (χ4n) is 3.52. The molecule has 0 bridgehead atoms. The largest absolute Gasteiger partial charge is 0.480 e. The van der Waals surface area contributed by atoms with Crippen molar-refractivity contribution in [2.45, 2.75) is 63.8 Å². The number of aliphatic carboxylic acids is 1. The summed E-state index contributed by atoms with van der Waals surface area (Å²) in [5.41, 5.74) is -0.755. The van der Waals surface area contributed by atoms with E-state index in [1.807, 2.05) is 0 Å². The van der Waals surface area contributed by atoms with E-state index < -0.39 is 35.7 Å². The number of rotatable bonds is 2. The second-order valence-corrected chi connectivity index (χ2v) is 7.82. The quantitative estimate of drug-likeness (QED) is 0.631. The number of nitrogens with one attached hydrogen (secondary N) is 2. The number of carbonyl (C=O) groups is 4. The maximum Gasteiger partial charge on any atom is 0.408 e. The lowest BCUT2D eigenvalue weighted by molar-refractivity contribution is -0.151. The third kappa shape index (κ3) is 5.01. The highest BCUT2D eigenvalue weighted by Gasteiger charge is 2.45. The van der Waals surface area contributed by atoms with Gasteiger partial charge in [-0.2, -0.15) is 0 Å². The summed E-state index contributed by atoms with van der Waals surface area (Å²) in [6.07, 6.45) is 0.595. The maximum atomic E-state index is 13.1. The molecule has 0 aromatic carbocycles. The van der Waals surface area contributed by atoms with Gasteiger partial charge in [0.05, 0.1) is 6.54 Å². The number of carboxylic acids is 1. The summed E-state index contributed by atoms with van der Waals surface area (Å²) in [5.74, 6) is -1.57. The molecule has 2 aliphatic rings. The third-order valence-electron chi connectivity index (χ3n) is 4.67. The molecule has 27 heavy (non-hydrogen) atoms. The summed E-state index contributed by atoms with van der Waals surface area (Å²) >= 11 is 0. The Morgan fingerprint density at radius 2 is 1.85 bits per heavy atom. The van der Waals surface area contributed by atoms with Crippen molar-refractivity contribution in [1.29, 1.82) is 0 Å². The standard InChI is InChI=1S/C17H28N4O6/c1-17(2,3)27-16(26)19-11-9-20(15(25)18-4)8-7-10-5-6-12(14(23)24)21(10)13(11)22/h10-12H,5-9H2,1-4H3,(H,18,25)(H,19,26)(H,23,24)/t10-,11?,12?/m1/s1. The van der Waals surface area contributed by atoms with Crippen LogP contribution in [0.15, 0.2) is 0 Å². The van der Waals surface area contributed by atoms with E-state index in [-0.39, 0.29) is 18.6 Å². The topological polar surface area (TPSA) is 128 Å². The predicted molar refractivity (Wildman–Crippen MR) is 95.1 cm³/mol. The Kier molecular flexibility index (Phi) is 6.17. The van der Waals surface area contributed by atoms with Gasteiger partial charge in [-0.25, -0.2) is 14.4 Å². The number of fused-ring (bicyclic) bond motifs is 1. The third-order valence-corrected chi connectivity index (χ3v) is 4.67. The molecule has 0 aromatic heterocycles. The number of hydrogen-bond donors (Lipinski definition) is 3. The summed E-state index contributed by atoms with van der Waals surface area (Å²) in [4.78, 5) is 51.7. The smallest absolute Gasteiger partial charge is 0.408 e. The van der Waals surface area contributed by atoms with Gasteiger partial charge in [-0.1, -0.05) is 0 Å². The lowest BCUT2D eigenvalue weighted by atomic mass is 10.1. The van der Waals surface area contributed by atoms with Crippen LogP contribution in [0.1, 0.15) is 40.0 Å². The average molecular weight is 384 g/mol. The molecule has 2 heterocycles. The van der Waals surface area contributed by atoms with E-state index in [1.165, 1.54) is 16.8 Å². The number of ether oxygens (including phenoxy) is 1. The maximum absolute atomic E-state index is 13.1. The summed E-state index contributed by atoms with van der Waals surface area (Å²) in [6, 6.07) is -2.65. The number of urea groups is 1. The Hall–Kier alpha value is -2.52. The SMILES string of the molecule is CNC(=O)N1CC[C@H]2CCC(C(=O)O)N2C(=O)C(NC(=O)OC(C)(C)C)C1. The zero-order valence-corrected chi connectivity index (χ0v) is 16.2. The van der Waals surface area contributed by atoms with E-state index in [0.29, 0.717) is 25.8 Å². The molecule has 4 amide bonds. The van der Waals surface area contributed by atoms with Crippen molar-refractivity contribution < 1.29 is 29.0 Å². The minimum atomic E-state index is -1.08. The molecule has 3 atom stereocenters. The first-order valence-corrected chi connectivity index (χ1v) is 9.04.